The highest BCUT2D eigenvalue weighted by Gasteiger charge is 2.23. The standard InChI is InChI=1S/C20H21FN6O2/c1-12-8-19(27(26-12)7-3-6-22)25-20(29)18(24-13(2)28)9-14-11-23-17-10-15(21)4-5-16(14)17/h4-5,8,10-11,18,23H,3,7,9H2,1-2H3,(H,24,28)(H,25,29). The van der Waals surface area contributed by atoms with Gasteiger partial charge in [-0.1, -0.05) is 0 Å². The van der Waals surface area contributed by atoms with Crippen molar-refractivity contribution >= 4 is 28.5 Å². The first kappa shape index (κ1) is 20.1. The third kappa shape index (κ3) is 4.79. The van der Waals surface area contributed by atoms with E-state index in [-0.39, 0.29) is 24.6 Å². The molecule has 2 amide bonds. The maximum absolute atomic E-state index is 13.4. The molecule has 29 heavy (non-hydrogen) atoms. The van der Waals surface area contributed by atoms with E-state index in [2.05, 4.69) is 20.7 Å². The first-order chi connectivity index (χ1) is 13.9. The first-order valence-corrected chi connectivity index (χ1v) is 9.12. The summed E-state index contributed by atoms with van der Waals surface area (Å²) >= 11 is 0. The summed E-state index contributed by atoms with van der Waals surface area (Å²) in [5.74, 6) is -0.651. The van der Waals surface area contributed by atoms with Gasteiger partial charge in [-0.25, -0.2) is 9.07 Å². The summed E-state index contributed by atoms with van der Waals surface area (Å²) in [6.07, 6.45) is 2.18. The molecule has 3 N–H and O–H groups in total. The summed E-state index contributed by atoms with van der Waals surface area (Å²) in [5.41, 5.74) is 2.10. The molecule has 2 heterocycles. The SMILES string of the molecule is CC(=O)NC(Cc1c[nH]c2cc(F)ccc12)C(=O)Nc1cc(C)nn1CCC#N. The lowest BCUT2D eigenvalue weighted by atomic mass is 10.0. The summed E-state index contributed by atoms with van der Waals surface area (Å²) in [6, 6.07) is 7.28. The summed E-state index contributed by atoms with van der Waals surface area (Å²) < 4.78 is 15.0. The van der Waals surface area contributed by atoms with Crippen LogP contribution in [0.3, 0.4) is 0 Å². The van der Waals surface area contributed by atoms with Gasteiger partial charge in [-0.2, -0.15) is 10.4 Å². The molecule has 0 saturated carbocycles. The Hall–Kier alpha value is -3.67. The maximum Gasteiger partial charge on any atom is 0.248 e. The topological polar surface area (TPSA) is 116 Å². The van der Waals surface area contributed by atoms with Gasteiger partial charge in [0.15, 0.2) is 0 Å². The number of fused-ring (bicyclic) bond motifs is 1. The molecule has 0 spiro atoms. The van der Waals surface area contributed by atoms with E-state index in [1.807, 2.05) is 6.07 Å². The Morgan fingerprint density at radius 2 is 2.17 bits per heavy atom. The van der Waals surface area contributed by atoms with E-state index in [1.54, 1.807) is 29.9 Å². The average molecular weight is 396 g/mol. The molecule has 1 aromatic carbocycles. The number of rotatable bonds is 7. The number of hydrogen-bond acceptors (Lipinski definition) is 4. The lowest BCUT2D eigenvalue weighted by Crippen LogP contribution is -2.44. The number of benzene rings is 1. The minimum atomic E-state index is -0.837. The molecule has 0 aliphatic rings. The van der Waals surface area contributed by atoms with Gasteiger partial charge in [-0.15, -0.1) is 0 Å². The molecule has 0 saturated heterocycles. The molecular formula is C20H21FN6O2. The van der Waals surface area contributed by atoms with Crippen molar-refractivity contribution in [2.75, 3.05) is 5.32 Å². The zero-order valence-corrected chi connectivity index (χ0v) is 16.1. The number of carbonyl (C=O) groups excluding carboxylic acids is 2. The number of amides is 2. The van der Waals surface area contributed by atoms with Crippen LogP contribution in [-0.4, -0.2) is 32.6 Å². The van der Waals surface area contributed by atoms with Crippen molar-refractivity contribution in [3.63, 3.8) is 0 Å². The van der Waals surface area contributed by atoms with Crippen molar-refractivity contribution in [3.05, 3.63) is 47.5 Å². The molecule has 0 aliphatic carbocycles. The number of carbonyl (C=O) groups is 2. The number of halogens is 1. The number of nitrogens with one attached hydrogen (secondary N) is 3. The highest BCUT2D eigenvalue weighted by molar-refractivity contribution is 5.97. The van der Waals surface area contributed by atoms with Crippen LogP contribution in [0.5, 0.6) is 0 Å². The first-order valence-electron chi connectivity index (χ1n) is 9.12. The molecule has 9 heteroatoms. The fraction of sp³-hybridized carbons (Fsp3) is 0.300. The molecule has 8 nitrogen and oxygen atoms in total. The van der Waals surface area contributed by atoms with Crippen molar-refractivity contribution < 1.29 is 14.0 Å². The smallest absolute Gasteiger partial charge is 0.248 e. The van der Waals surface area contributed by atoms with Crippen molar-refractivity contribution in [2.45, 2.75) is 39.3 Å². The van der Waals surface area contributed by atoms with E-state index in [1.165, 1.54) is 19.1 Å². The van der Waals surface area contributed by atoms with Crippen LogP contribution >= 0.6 is 0 Å². The van der Waals surface area contributed by atoms with Crippen molar-refractivity contribution in [1.29, 1.82) is 5.26 Å². The summed E-state index contributed by atoms with van der Waals surface area (Å²) in [4.78, 5) is 27.5. The van der Waals surface area contributed by atoms with E-state index in [4.69, 9.17) is 5.26 Å². The quantitative estimate of drug-likeness (QED) is 0.569. The summed E-state index contributed by atoms with van der Waals surface area (Å²) in [7, 11) is 0. The van der Waals surface area contributed by atoms with Crippen molar-refractivity contribution in [1.82, 2.24) is 20.1 Å². The largest absolute Gasteiger partial charge is 0.361 e. The molecule has 2 aromatic heterocycles. The number of hydrogen-bond donors (Lipinski definition) is 3. The molecule has 0 radical (unpaired) electrons. The Bertz CT molecular complexity index is 1090. The molecule has 1 atom stereocenters. The molecule has 150 valence electrons. The van der Waals surface area contributed by atoms with Gasteiger partial charge in [0.25, 0.3) is 0 Å². The number of aromatic nitrogens is 3. The Morgan fingerprint density at radius 3 is 2.90 bits per heavy atom. The van der Waals surface area contributed by atoms with Gasteiger partial charge in [0, 0.05) is 36.5 Å². The fourth-order valence-corrected chi connectivity index (χ4v) is 3.19. The van der Waals surface area contributed by atoms with E-state index in [0.29, 0.717) is 23.6 Å². The zero-order valence-electron chi connectivity index (χ0n) is 16.1. The van der Waals surface area contributed by atoms with E-state index >= 15 is 0 Å². The highest BCUT2D eigenvalue weighted by Crippen LogP contribution is 2.21. The predicted molar refractivity (Wildman–Crippen MR) is 105 cm³/mol. The third-order valence-corrected chi connectivity index (χ3v) is 4.44. The molecule has 3 rings (SSSR count). The van der Waals surface area contributed by atoms with Crippen LogP contribution in [0.2, 0.25) is 0 Å². The van der Waals surface area contributed by atoms with Crippen molar-refractivity contribution in [2.24, 2.45) is 0 Å². The monoisotopic (exact) mass is 396 g/mol. The Morgan fingerprint density at radius 1 is 1.38 bits per heavy atom. The predicted octanol–water partition coefficient (Wildman–Crippen LogP) is 2.41. The second-order valence-corrected chi connectivity index (χ2v) is 6.75. The number of anilines is 1. The van der Waals surface area contributed by atoms with Crippen molar-refractivity contribution in [3.8, 4) is 6.07 Å². The van der Waals surface area contributed by atoms with Crippen LogP contribution in [0.15, 0.2) is 30.5 Å². The van der Waals surface area contributed by atoms with E-state index in [0.717, 1.165) is 10.9 Å². The molecule has 3 aromatic rings. The van der Waals surface area contributed by atoms with Gasteiger partial charge in [-0.3, -0.25) is 9.59 Å². The molecule has 0 aliphatic heterocycles. The molecule has 1 unspecified atom stereocenters. The van der Waals surface area contributed by atoms with E-state index < -0.39 is 11.9 Å². The second-order valence-electron chi connectivity index (χ2n) is 6.75. The van der Waals surface area contributed by atoms with Crippen LogP contribution < -0.4 is 10.6 Å². The second kappa shape index (κ2) is 8.56. The molecular weight excluding hydrogens is 375 g/mol. The minimum absolute atomic E-state index is 0.225. The van der Waals surface area contributed by atoms with Gasteiger partial charge < -0.3 is 15.6 Å². The highest BCUT2D eigenvalue weighted by atomic mass is 19.1. The van der Waals surface area contributed by atoms with Gasteiger partial charge in [0.2, 0.25) is 11.8 Å². The Balaban J connectivity index is 1.82. The fourth-order valence-electron chi connectivity index (χ4n) is 3.19. The normalized spacial score (nSPS) is 11.8. The lowest BCUT2D eigenvalue weighted by molar-refractivity contribution is -0.125. The number of nitrogens with zero attached hydrogens (tertiary/aromatic N) is 3. The average Bonchev–Trinajstić information content (AvgIpc) is 3.21. The van der Waals surface area contributed by atoms with Crippen LogP contribution in [0.25, 0.3) is 10.9 Å². The van der Waals surface area contributed by atoms with E-state index in [9.17, 15) is 14.0 Å². The lowest BCUT2D eigenvalue weighted by Gasteiger charge is -2.18. The maximum atomic E-state index is 13.4. The van der Waals surface area contributed by atoms with Gasteiger partial charge >= 0.3 is 0 Å². The van der Waals surface area contributed by atoms with Crippen LogP contribution in [0.1, 0.15) is 24.6 Å². The molecule has 0 fully saturated rings. The van der Waals surface area contributed by atoms with Gasteiger partial charge in [0.05, 0.1) is 24.7 Å². The Kier molecular flexibility index (Phi) is 5.93. The van der Waals surface area contributed by atoms with Crippen LogP contribution in [0.4, 0.5) is 10.2 Å². The number of aromatic amines is 1. The minimum Gasteiger partial charge on any atom is -0.361 e. The number of nitriles is 1. The molecule has 0 bridgehead atoms. The number of aryl methyl sites for hydroxylation is 2. The van der Waals surface area contributed by atoms with Crippen LogP contribution in [0, 0.1) is 24.1 Å². The summed E-state index contributed by atoms with van der Waals surface area (Å²) in [5, 5.41) is 19.3. The Labute approximate surface area is 166 Å². The number of H-pyrrole nitrogens is 1. The van der Waals surface area contributed by atoms with Gasteiger partial charge in [-0.05, 0) is 30.7 Å². The van der Waals surface area contributed by atoms with Gasteiger partial charge in [0.1, 0.15) is 17.7 Å². The van der Waals surface area contributed by atoms with Crippen LogP contribution in [-0.2, 0) is 22.6 Å². The zero-order chi connectivity index (χ0) is 21.0. The summed E-state index contributed by atoms with van der Waals surface area (Å²) in [6.45, 7) is 3.47. The third-order valence-electron chi connectivity index (χ3n) is 4.44.